The van der Waals surface area contributed by atoms with E-state index >= 15 is 0 Å². The van der Waals surface area contributed by atoms with Gasteiger partial charge in [-0.3, -0.25) is 4.72 Å². The summed E-state index contributed by atoms with van der Waals surface area (Å²) in [5.41, 5.74) is 3.78. The van der Waals surface area contributed by atoms with Gasteiger partial charge in [0, 0.05) is 19.7 Å². The Morgan fingerprint density at radius 3 is 3.00 bits per heavy atom. The Bertz CT molecular complexity index is 912. The fraction of sp³-hybridized carbons (Fsp3) is 0.333. The maximum atomic E-state index is 12.9. The maximum absolute atomic E-state index is 12.9. The molecule has 0 atom stereocenters. The molecule has 132 valence electrons. The first kappa shape index (κ1) is 16.2. The summed E-state index contributed by atoms with van der Waals surface area (Å²) in [5, 5.41) is 3.30. The molecule has 7 heteroatoms. The number of hydrogen-bond acceptors (Lipinski definition) is 5. The molecule has 25 heavy (non-hydrogen) atoms. The average molecular weight is 359 g/mol. The van der Waals surface area contributed by atoms with Crippen molar-refractivity contribution in [2.75, 3.05) is 36.4 Å². The van der Waals surface area contributed by atoms with E-state index in [4.69, 9.17) is 4.74 Å². The molecule has 2 aliphatic heterocycles. The highest BCUT2D eigenvalue weighted by Gasteiger charge is 2.22. The fourth-order valence-electron chi connectivity index (χ4n) is 3.34. The number of hydrogen-bond donors (Lipinski definition) is 2. The van der Waals surface area contributed by atoms with Crippen LogP contribution >= 0.6 is 0 Å². The van der Waals surface area contributed by atoms with Crippen LogP contribution in [0.5, 0.6) is 5.75 Å². The average Bonchev–Trinajstić information content (AvgIpc) is 2.62. The molecule has 2 N–H and O–H groups in total. The minimum atomic E-state index is -3.67. The van der Waals surface area contributed by atoms with Crippen molar-refractivity contribution in [2.45, 2.75) is 17.9 Å². The number of nitrogens with zero attached hydrogens (tertiary/aromatic N) is 1. The molecule has 6 nitrogen and oxygen atoms in total. The molecule has 0 fully saturated rings. The Hall–Kier alpha value is -2.25. The van der Waals surface area contributed by atoms with Gasteiger partial charge in [-0.1, -0.05) is 12.1 Å². The third kappa shape index (κ3) is 3.05. The highest BCUT2D eigenvalue weighted by Crippen LogP contribution is 2.34. The predicted molar refractivity (Wildman–Crippen MR) is 97.9 cm³/mol. The van der Waals surface area contributed by atoms with Crippen LogP contribution in [0, 0.1) is 0 Å². The number of ether oxygens (including phenoxy) is 1. The summed E-state index contributed by atoms with van der Waals surface area (Å²) >= 11 is 0. The van der Waals surface area contributed by atoms with Crippen LogP contribution in [-0.4, -0.2) is 35.2 Å². The molecular weight excluding hydrogens is 338 g/mol. The number of likely N-dealkylation sites (N-methyl/N-ethyl adjacent to an activating group) is 1. The number of fused-ring (bicyclic) bond motifs is 2. The van der Waals surface area contributed by atoms with Crippen LogP contribution in [0.4, 0.5) is 11.4 Å². The van der Waals surface area contributed by atoms with E-state index < -0.39 is 10.0 Å². The second kappa shape index (κ2) is 6.24. The first-order chi connectivity index (χ1) is 12.0. The van der Waals surface area contributed by atoms with Gasteiger partial charge in [-0.25, -0.2) is 8.42 Å². The van der Waals surface area contributed by atoms with Crippen molar-refractivity contribution in [3.8, 4) is 5.75 Å². The van der Waals surface area contributed by atoms with Crippen LogP contribution < -0.4 is 19.7 Å². The van der Waals surface area contributed by atoms with Crippen LogP contribution in [0.25, 0.3) is 0 Å². The lowest BCUT2D eigenvalue weighted by atomic mass is 9.99. The monoisotopic (exact) mass is 359 g/mol. The van der Waals surface area contributed by atoms with E-state index in [1.807, 2.05) is 25.2 Å². The second-order valence-electron chi connectivity index (χ2n) is 6.38. The molecule has 0 amide bonds. The molecule has 0 radical (unpaired) electrons. The molecule has 2 aliphatic rings. The smallest absolute Gasteiger partial charge is 0.262 e. The quantitative estimate of drug-likeness (QED) is 0.877. The number of anilines is 2. The number of nitrogens with one attached hydrogen (secondary N) is 2. The maximum Gasteiger partial charge on any atom is 0.262 e. The molecule has 0 bridgehead atoms. The van der Waals surface area contributed by atoms with Crippen LogP contribution in [0.2, 0.25) is 0 Å². The SMILES string of the molecule is CN1CCOc2cc(S(=O)(=O)Nc3cccc4c3CCNC4)ccc21. The summed E-state index contributed by atoms with van der Waals surface area (Å²) in [5.74, 6) is 0.607. The van der Waals surface area contributed by atoms with Crippen molar-refractivity contribution in [3.05, 3.63) is 47.5 Å². The number of rotatable bonds is 3. The zero-order valence-corrected chi connectivity index (χ0v) is 14.9. The van der Waals surface area contributed by atoms with Crippen LogP contribution in [0.3, 0.4) is 0 Å². The van der Waals surface area contributed by atoms with Gasteiger partial charge in [-0.2, -0.15) is 0 Å². The Balaban J connectivity index is 1.67. The molecule has 0 saturated carbocycles. The first-order valence-electron chi connectivity index (χ1n) is 8.37. The lowest BCUT2D eigenvalue weighted by Gasteiger charge is -2.28. The van der Waals surface area contributed by atoms with Gasteiger partial charge in [0.05, 0.1) is 22.8 Å². The minimum Gasteiger partial charge on any atom is -0.490 e. The number of sulfonamides is 1. The van der Waals surface area contributed by atoms with Gasteiger partial charge < -0.3 is 15.0 Å². The van der Waals surface area contributed by atoms with Crippen molar-refractivity contribution in [1.82, 2.24) is 5.32 Å². The third-order valence-electron chi connectivity index (χ3n) is 4.72. The zero-order valence-electron chi connectivity index (χ0n) is 14.1. The van der Waals surface area contributed by atoms with Crippen LogP contribution in [0.1, 0.15) is 11.1 Å². The van der Waals surface area contributed by atoms with Crippen LogP contribution in [0.15, 0.2) is 41.3 Å². The molecule has 0 aromatic heterocycles. The van der Waals surface area contributed by atoms with Crippen molar-refractivity contribution < 1.29 is 13.2 Å². The largest absolute Gasteiger partial charge is 0.490 e. The van der Waals surface area contributed by atoms with E-state index in [9.17, 15) is 8.42 Å². The standard InChI is InChI=1S/C18H21N3O3S/c1-21-9-10-24-18-11-14(5-6-17(18)21)25(22,23)20-16-4-2-3-13-12-19-8-7-15(13)16/h2-6,11,19-20H,7-10,12H2,1H3. The van der Waals surface area contributed by atoms with E-state index in [2.05, 4.69) is 14.9 Å². The Kier molecular flexibility index (Phi) is 4.05. The number of benzene rings is 2. The molecule has 4 rings (SSSR count). The Morgan fingerprint density at radius 1 is 1.24 bits per heavy atom. The summed E-state index contributed by atoms with van der Waals surface area (Å²) in [7, 11) is -1.70. The van der Waals surface area contributed by atoms with E-state index in [1.165, 1.54) is 0 Å². The molecule has 2 heterocycles. The highest BCUT2D eigenvalue weighted by atomic mass is 32.2. The fourth-order valence-corrected chi connectivity index (χ4v) is 4.44. The lowest BCUT2D eigenvalue weighted by molar-refractivity contribution is 0.310. The third-order valence-corrected chi connectivity index (χ3v) is 6.08. The second-order valence-corrected chi connectivity index (χ2v) is 8.06. The van der Waals surface area contributed by atoms with Gasteiger partial charge in [0.2, 0.25) is 0 Å². The first-order valence-corrected chi connectivity index (χ1v) is 9.85. The van der Waals surface area contributed by atoms with E-state index in [-0.39, 0.29) is 4.90 Å². The Morgan fingerprint density at radius 2 is 2.12 bits per heavy atom. The summed E-state index contributed by atoms with van der Waals surface area (Å²) in [6.07, 6.45) is 0.812. The van der Waals surface area contributed by atoms with Gasteiger partial charge in [-0.05, 0) is 42.3 Å². The summed E-state index contributed by atoms with van der Waals surface area (Å²) in [6.45, 7) is 2.97. The molecule has 2 aromatic rings. The van der Waals surface area contributed by atoms with Crippen LogP contribution in [-0.2, 0) is 23.0 Å². The molecule has 0 unspecified atom stereocenters. The minimum absolute atomic E-state index is 0.216. The van der Waals surface area contributed by atoms with Gasteiger partial charge in [0.1, 0.15) is 12.4 Å². The van der Waals surface area contributed by atoms with Crippen molar-refractivity contribution in [1.29, 1.82) is 0 Å². The van der Waals surface area contributed by atoms with Crippen molar-refractivity contribution in [2.24, 2.45) is 0 Å². The zero-order chi connectivity index (χ0) is 17.4. The van der Waals surface area contributed by atoms with E-state index in [0.29, 0.717) is 18.0 Å². The molecule has 0 aliphatic carbocycles. The van der Waals surface area contributed by atoms with Gasteiger partial charge in [0.15, 0.2) is 0 Å². The highest BCUT2D eigenvalue weighted by molar-refractivity contribution is 7.92. The summed E-state index contributed by atoms with van der Waals surface area (Å²) < 4.78 is 34.1. The van der Waals surface area contributed by atoms with E-state index in [1.54, 1.807) is 18.2 Å². The lowest BCUT2D eigenvalue weighted by Crippen LogP contribution is -2.29. The van der Waals surface area contributed by atoms with E-state index in [0.717, 1.165) is 42.9 Å². The van der Waals surface area contributed by atoms with Crippen molar-refractivity contribution >= 4 is 21.4 Å². The van der Waals surface area contributed by atoms with Gasteiger partial charge in [-0.15, -0.1) is 0 Å². The Labute approximate surface area is 147 Å². The topological polar surface area (TPSA) is 70.7 Å². The summed E-state index contributed by atoms with van der Waals surface area (Å²) in [6, 6.07) is 10.8. The summed E-state index contributed by atoms with van der Waals surface area (Å²) in [4.78, 5) is 2.27. The van der Waals surface area contributed by atoms with Gasteiger partial charge >= 0.3 is 0 Å². The van der Waals surface area contributed by atoms with Crippen molar-refractivity contribution in [3.63, 3.8) is 0 Å². The molecule has 2 aromatic carbocycles. The molecule has 0 saturated heterocycles. The normalized spacial score (nSPS) is 16.6. The van der Waals surface area contributed by atoms with Gasteiger partial charge in [0.25, 0.3) is 10.0 Å². The predicted octanol–water partition coefficient (Wildman–Crippen LogP) is 1.96. The molecule has 0 spiro atoms. The molecular formula is C18H21N3O3S.